The van der Waals surface area contributed by atoms with E-state index in [1.165, 1.54) is 6.92 Å². The van der Waals surface area contributed by atoms with Crippen molar-refractivity contribution < 1.29 is 18.7 Å². The Labute approximate surface area is 150 Å². The van der Waals surface area contributed by atoms with E-state index in [2.05, 4.69) is 10.4 Å². The molecule has 1 aliphatic rings. The van der Waals surface area contributed by atoms with E-state index in [4.69, 9.17) is 9.15 Å². The van der Waals surface area contributed by atoms with E-state index in [9.17, 15) is 14.4 Å². The van der Waals surface area contributed by atoms with Gasteiger partial charge in [0.25, 0.3) is 5.91 Å². The summed E-state index contributed by atoms with van der Waals surface area (Å²) in [6, 6.07) is 9.02. The van der Waals surface area contributed by atoms with Crippen LogP contribution in [-0.4, -0.2) is 33.8 Å². The molecule has 1 saturated carbocycles. The second kappa shape index (κ2) is 7.99. The summed E-state index contributed by atoms with van der Waals surface area (Å²) in [4.78, 5) is 35.9. The third kappa shape index (κ3) is 4.38. The highest BCUT2D eigenvalue weighted by Crippen LogP contribution is 2.18. The minimum Gasteiger partial charge on any atom is -0.451 e. The number of ether oxygens (including phenoxy) is 1. The van der Waals surface area contributed by atoms with Gasteiger partial charge in [-0.1, -0.05) is 31.0 Å². The average Bonchev–Trinajstić information content (AvgIpc) is 3.26. The average molecular weight is 359 g/mol. The molecule has 1 amide bonds. The van der Waals surface area contributed by atoms with Crippen molar-refractivity contribution in [1.82, 2.24) is 15.1 Å². The van der Waals surface area contributed by atoms with Gasteiger partial charge in [-0.25, -0.2) is 4.79 Å². The summed E-state index contributed by atoms with van der Waals surface area (Å²) in [5, 5.41) is 6.86. The van der Waals surface area contributed by atoms with Crippen molar-refractivity contribution in [2.75, 3.05) is 0 Å². The lowest BCUT2D eigenvalue weighted by Crippen LogP contribution is -2.41. The van der Waals surface area contributed by atoms with Crippen molar-refractivity contribution in [2.45, 2.75) is 51.3 Å². The number of nitrogens with zero attached hydrogens (tertiary/aromatic N) is 2. The third-order valence-corrected chi connectivity index (χ3v) is 4.28. The van der Waals surface area contributed by atoms with Crippen LogP contribution in [0.15, 0.2) is 39.5 Å². The minimum absolute atomic E-state index is 0.121. The molecule has 138 valence electrons. The molecule has 1 N–H and O–H groups in total. The lowest BCUT2D eigenvalue weighted by molar-refractivity contribution is -0.155. The molecule has 1 fully saturated rings. The van der Waals surface area contributed by atoms with E-state index in [1.54, 1.807) is 24.3 Å². The van der Waals surface area contributed by atoms with Crippen molar-refractivity contribution in [3.05, 3.63) is 40.9 Å². The standard InChI is InChI=1S/C18H21N3O5/c1-12(16(23)19-14-9-5-6-10-14)25-15(22)11-21-18(24)26-17(20-21)13-7-3-2-4-8-13/h2-4,7-8,12,14H,5-6,9-11H2,1H3,(H,19,23)/t12-/m1/s1. The molecule has 2 aromatic rings. The summed E-state index contributed by atoms with van der Waals surface area (Å²) in [5.74, 6) is -1.70. The molecule has 8 heteroatoms. The van der Waals surface area contributed by atoms with Crippen LogP contribution < -0.4 is 11.1 Å². The van der Waals surface area contributed by atoms with Gasteiger partial charge in [0.1, 0.15) is 6.54 Å². The van der Waals surface area contributed by atoms with Crippen molar-refractivity contribution >= 4 is 11.9 Å². The van der Waals surface area contributed by atoms with Gasteiger partial charge in [-0.2, -0.15) is 4.68 Å². The van der Waals surface area contributed by atoms with Crippen LogP contribution in [-0.2, 0) is 20.9 Å². The molecule has 0 bridgehead atoms. The highest BCUT2D eigenvalue weighted by Gasteiger charge is 2.23. The van der Waals surface area contributed by atoms with E-state index in [-0.39, 0.29) is 17.8 Å². The van der Waals surface area contributed by atoms with Crippen LogP contribution >= 0.6 is 0 Å². The Morgan fingerprint density at radius 3 is 2.69 bits per heavy atom. The summed E-state index contributed by atoms with van der Waals surface area (Å²) in [5.41, 5.74) is 0.626. The molecule has 0 radical (unpaired) electrons. The van der Waals surface area contributed by atoms with Gasteiger partial charge < -0.3 is 14.5 Å². The van der Waals surface area contributed by atoms with Crippen LogP contribution in [0.2, 0.25) is 0 Å². The normalized spacial score (nSPS) is 15.6. The molecule has 0 aliphatic heterocycles. The molecule has 1 atom stereocenters. The molecule has 26 heavy (non-hydrogen) atoms. The second-order valence-corrected chi connectivity index (χ2v) is 6.32. The van der Waals surface area contributed by atoms with Crippen LogP contribution in [0.3, 0.4) is 0 Å². The Hall–Kier alpha value is -2.90. The topological polar surface area (TPSA) is 103 Å². The number of hydrogen-bond donors (Lipinski definition) is 1. The van der Waals surface area contributed by atoms with Gasteiger partial charge in [-0.15, -0.1) is 5.10 Å². The predicted octanol–water partition coefficient (Wildman–Crippen LogP) is 1.49. The van der Waals surface area contributed by atoms with Gasteiger partial charge in [-0.3, -0.25) is 9.59 Å². The van der Waals surface area contributed by atoms with E-state index >= 15 is 0 Å². The smallest absolute Gasteiger partial charge is 0.437 e. The zero-order valence-corrected chi connectivity index (χ0v) is 14.5. The molecule has 3 rings (SSSR count). The van der Waals surface area contributed by atoms with Gasteiger partial charge in [0.05, 0.1) is 0 Å². The summed E-state index contributed by atoms with van der Waals surface area (Å²) >= 11 is 0. The van der Waals surface area contributed by atoms with Crippen molar-refractivity contribution in [2.24, 2.45) is 0 Å². The van der Waals surface area contributed by atoms with E-state index in [0.29, 0.717) is 5.56 Å². The highest BCUT2D eigenvalue weighted by atomic mass is 16.5. The fourth-order valence-electron chi connectivity index (χ4n) is 2.90. The number of carbonyl (C=O) groups excluding carboxylic acids is 2. The molecule has 1 aromatic carbocycles. The van der Waals surface area contributed by atoms with Crippen LogP contribution in [0.4, 0.5) is 0 Å². The minimum atomic E-state index is -0.931. The molecule has 0 spiro atoms. The van der Waals surface area contributed by atoms with Gasteiger partial charge in [0.15, 0.2) is 6.10 Å². The van der Waals surface area contributed by atoms with Crippen LogP contribution in [0.5, 0.6) is 0 Å². The molecule has 8 nitrogen and oxygen atoms in total. The number of amides is 1. The fraction of sp³-hybridized carbons (Fsp3) is 0.444. The Balaban J connectivity index is 1.57. The lowest BCUT2D eigenvalue weighted by atomic mass is 10.2. The number of esters is 1. The highest BCUT2D eigenvalue weighted by molar-refractivity contribution is 5.83. The number of hydrogen-bond acceptors (Lipinski definition) is 6. The maximum atomic E-state index is 12.1. The van der Waals surface area contributed by atoms with Gasteiger partial charge in [-0.05, 0) is 31.9 Å². The number of benzene rings is 1. The maximum Gasteiger partial charge on any atom is 0.437 e. The zero-order chi connectivity index (χ0) is 18.5. The first-order valence-corrected chi connectivity index (χ1v) is 8.66. The maximum absolute atomic E-state index is 12.1. The number of carbonyl (C=O) groups is 2. The zero-order valence-electron chi connectivity index (χ0n) is 14.5. The van der Waals surface area contributed by atoms with Crippen molar-refractivity contribution in [3.8, 4) is 11.5 Å². The summed E-state index contributed by atoms with van der Waals surface area (Å²) in [6.45, 7) is 1.08. The van der Waals surface area contributed by atoms with E-state index < -0.39 is 24.4 Å². The lowest BCUT2D eigenvalue weighted by Gasteiger charge is -2.16. The number of rotatable bonds is 6. The predicted molar refractivity (Wildman–Crippen MR) is 92.2 cm³/mol. The van der Waals surface area contributed by atoms with Gasteiger partial charge >= 0.3 is 11.7 Å². The molecule has 0 saturated heterocycles. The molecule has 1 aliphatic carbocycles. The first kappa shape index (κ1) is 17.9. The molecule has 1 aromatic heterocycles. The molecule has 1 heterocycles. The molecular weight excluding hydrogens is 338 g/mol. The summed E-state index contributed by atoms with van der Waals surface area (Å²) in [7, 11) is 0. The van der Waals surface area contributed by atoms with E-state index in [0.717, 1.165) is 30.4 Å². The Kier molecular flexibility index (Phi) is 5.50. The monoisotopic (exact) mass is 359 g/mol. The van der Waals surface area contributed by atoms with Gasteiger partial charge in [0, 0.05) is 11.6 Å². The second-order valence-electron chi connectivity index (χ2n) is 6.32. The van der Waals surface area contributed by atoms with Crippen molar-refractivity contribution in [1.29, 1.82) is 0 Å². The third-order valence-electron chi connectivity index (χ3n) is 4.28. The summed E-state index contributed by atoms with van der Waals surface area (Å²) < 4.78 is 11.0. The first-order chi connectivity index (χ1) is 12.5. The Morgan fingerprint density at radius 1 is 1.31 bits per heavy atom. The van der Waals surface area contributed by atoms with Gasteiger partial charge in [0.2, 0.25) is 5.89 Å². The van der Waals surface area contributed by atoms with Crippen LogP contribution in [0.25, 0.3) is 11.5 Å². The van der Waals surface area contributed by atoms with E-state index in [1.807, 2.05) is 6.07 Å². The Bertz CT molecular complexity index is 821. The number of nitrogens with one attached hydrogen (secondary N) is 1. The van der Waals surface area contributed by atoms with Crippen molar-refractivity contribution in [3.63, 3.8) is 0 Å². The number of aromatic nitrogens is 2. The molecule has 0 unspecified atom stereocenters. The van der Waals surface area contributed by atoms with Crippen LogP contribution in [0.1, 0.15) is 32.6 Å². The first-order valence-electron chi connectivity index (χ1n) is 8.66. The SMILES string of the molecule is C[C@@H](OC(=O)Cn1nc(-c2ccccc2)oc1=O)C(=O)NC1CCCC1. The largest absolute Gasteiger partial charge is 0.451 e. The Morgan fingerprint density at radius 2 is 2.00 bits per heavy atom. The molecular formula is C18H21N3O5. The quantitative estimate of drug-likeness (QED) is 0.784. The van der Waals surface area contributed by atoms with Crippen LogP contribution in [0, 0.1) is 0 Å². The fourth-order valence-corrected chi connectivity index (χ4v) is 2.90. The summed E-state index contributed by atoms with van der Waals surface area (Å²) in [6.07, 6.45) is 3.15.